The molecule has 1 saturated carbocycles. The number of nitrogens with zero attached hydrogens (tertiary/aromatic N) is 3. The molecule has 1 amide bonds. The first-order chi connectivity index (χ1) is 9.17. The van der Waals surface area contributed by atoms with Gasteiger partial charge in [-0.05, 0) is 44.4 Å². The average Bonchev–Trinajstić information content (AvgIpc) is 2.88. The number of anilines is 1. The van der Waals surface area contributed by atoms with Crippen LogP contribution in [-0.2, 0) is 0 Å². The van der Waals surface area contributed by atoms with Crippen molar-refractivity contribution >= 4 is 11.7 Å². The molecular formula is C13H21N5O. The van der Waals surface area contributed by atoms with E-state index in [1.54, 1.807) is 6.07 Å². The molecule has 0 aliphatic heterocycles. The third-order valence-corrected chi connectivity index (χ3v) is 3.86. The molecule has 6 nitrogen and oxygen atoms in total. The Labute approximate surface area is 113 Å². The van der Waals surface area contributed by atoms with E-state index in [2.05, 4.69) is 22.0 Å². The zero-order chi connectivity index (χ0) is 13.8. The van der Waals surface area contributed by atoms with Crippen LogP contribution < -0.4 is 16.4 Å². The molecule has 1 aliphatic carbocycles. The Morgan fingerprint density at radius 1 is 1.42 bits per heavy atom. The predicted molar refractivity (Wildman–Crippen MR) is 73.8 cm³/mol. The number of hydrogen-bond acceptors (Lipinski definition) is 5. The van der Waals surface area contributed by atoms with Crippen LogP contribution in [0.25, 0.3) is 0 Å². The number of aromatic nitrogens is 2. The third-order valence-electron chi connectivity index (χ3n) is 3.86. The molecule has 104 valence electrons. The Morgan fingerprint density at radius 2 is 2.21 bits per heavy atom. The summed E-state index contributed by atoms with van der Waals surface area (Å²) in [6, 6.07) is 3.85. The van der Waals surface area contributed by atoms with Crippen LogP contribution in [0.4, 0.5) is 5.82 Å². The molecule has 19 heavy (non-hydrogen) atoms. The highest BCUT2D eigenvalue weighted by atomic mass is 16.1. The third kappa shape index (κ3) is 2.84. The number of nitrogens with two attached hydrogens (primary N) is 2. The van der Waals surface area contributed by atoms with Crippen LogP contribution in [0.1, 0.15) is 36.7 Å². The highest BCUT2D eigenvalue weighted by molar-refractivity contribution is 5.90. The SMILES string of the molecule is CCN(c1ccc(C(N)=O)nn1)C1CCCC1CN. The van der Waals surface area contributed by atoms with Gasteiger partial charge in [-0.3, -0.25) is 4.79 Å². The molecule has 1 aliphatic rings. The van der Waals surface area contributed by atoms with Gasteiger partial charge in [-0.25, -0.2) is 0 Å². The normalized spacial score (nSPS) is 22.4. The van der Waals surface area contributed by atoms with Crippen LogP contribution in [-0.4, -0.2) is 35.2 Å². The van der Waals surface area contributed by atoms with Crippen molar-refractivity contribution in [1.82, 2.24) is 10.2 Å². The molecule has 6 heteroatoms. The van der Waals surface area contributed by atoms with E-state index in [1.165, 1.54) is 12.8 Å². The number of carbonyl (C=O) groups excluding carboxylic acids is 1. The van der Waals surface area contributed by atoms with Crippen molar-refractivity contribution in [3.8, 4) is 0 Å². The van der Waals surface area contributed by atoms with E-state index in [0.717, 1.165) is 18.8 Å². The number of carbonyl (C=O) groups is 1. The van der Waals surface area contributed by atoms with Crippen molar-refractivity contribution in [2.75, 3.05) is 18.0 Å². The van der Waals surface area contributed by atoms with Crippen LogP contribution in [0, 0.1) is 5.92 Å². The molecule has 0 aromatic carbocycles. The molecule has 1 fully saturated rings. The van der Waals surface area contributed by atoms with Gasteiger partial charge in [0.1, 0.15) is 0 Å². The Balaban J connectivity index is 2.19. The van der Waals surface area contributed by atoms with Gasteiger partial charge >= 0.3 is 0 Å². The van der Waals surface area contributed by atoms with E-state index >= 15 is 0 Å². The summed E-state index contributed by atoms with van der Waals surface area (Å²) >= 11 is 0. The maximum Gasteiger partial charge on any atom is 0.269 e. The molecule has 0 radical (unpaired) electrons. The number of amides is 1. The van der Waals surface area contributed by atoms with Crippen LogP contribution >= 0.6 is 0 Å². The average molecular weight is 263 g/mol. The van der Waals surface area contributed by atoms with Crippen molar-refractivity contribution < 1.29 is 4.79 Å². The number of hydrogen-bond donors (Lipinski definition) is 2. The maximum absolute atomic E-state index is 11.0. The molecule has 2 rings (SSSR count). The van der Waals surface area contributed by atoms with Crippen LogP contribution in [0.2, 0.25) is 0 Å². The van der Waals surface area contributed by atoms with Crippen molar-refractivity contribution in [1.29, 1.82) is 0 Å². The lowest BCUT2D eigenvalue weighted by Crippen LogP contribution is -2.41. The molecule has 1 heterocycles. The lowest BCUT2D eigenvalue weighted by Gasteiger charge is -2.32. The summed E-state index contributed by atoms with van der Waals surface area (Å²) in [6.07, 6.45) is 3.51. The Bertz CT molecular complexity index is 433. The lowest BCUT2D eigenvalue weighted by molar-refractivity contribution is 0.0994. The van der Waals surface area contributed by atoms with Gasteiger partial charge in [-0.2, -0.15) is 0 Å². The largest absolute Gasteiger partial charge is 0.364 e. The minimum absolute atomic E-state index is 0.196. The summed E-state index contributed by atoms with van der Waals surface area (Å²) in [6.45, 7) is 3.65. The van der Waals surface area contributed by atoms with Gasteiger partial charge in [0.15, 0.2) is 11.5 Å². The molecule has 0 bridgehead atoms. The molecule has 4 N–H and O–H groups in total. The van der Waals surface area contributed by atoms with Crippen LogP contribution in [0.15, 0.2) is 12.1 Å². The second kappa shape index (κ2) is 5.97. The molecule has 2 atom stereocenters. The smallest absolute Gasteiger partial charge is 0.269 e. The van der Waals surface area contributed by atoms with Crippen molar-refractivity contribution in [2.24, 2.45) is 17.4 Å². The standard InChI is InChI=1S/C13H21N5O/c1-2-18(11-5-3-4-9(11)8-14)12-7-6-10(13(15)19)16-17-12/h6-7,9,11H,2-5,8,14H2,1H3,(H2,15,19). The van der Waals surface area contributed by atoms with Crippen LogP contribution in [0.5, 0.6) is 0 Å². The first-order valence-electron chi connectivity index (χ1n) is 6.77. The van der Waals surface area contributed by atoms with E-state index in [4.69, 9.17) is 11.5 Å². The van der Waals surface area contributed by atoms with Gasteiger partial charge in [0.05, 0.1) is 0 Å². The first-order valence-corrected chi connectivity index (χ1v) is 6.77. The van der Waals surface area contributed by atoms with E-state index in [0.29, 0.717) is 18.5 Å². The second-order valence-electron chi connectivity index (χ2n) is 4.92. The summed E-state index contributed by atoms with van der Waals surface area (Å²) < 4.78 is 0. The van der Waals surface area contributed by atoms with Gasteiger partial charge in [0.25, 0.3) is 5.91 Å². The van der Waals surface area contributed by atoms with Gasteiger partial charge < -0.3 is 16.4 Å². The molecular weight excluding hydrogens is 242 g/mol. The zero-order valence-electron chi connectivity index (χ0n) is 11.2. The van der Waals surface area contributed by atoms with Gasteiger partial charge in [0.2, 0.25) is 0 Å². The van der Waals surface area contributed by atoms with Gasteiger partial charge in [-0.15, -0.1) is 10.2 Å². The zero-order valence-corrected chi connectivity index (χ0v) is 11.2. The van der Waals surface area contributed by atoms with Crippen molar-refractivity contribution in [3.63, 3.8) is 0 Å². The molecule has 1 aromatic rings. The molecule has 2 unspecified atom stereocenters. The molecule has 1 aromatic heterocycles. The summed E-state index contributed by atoms with van der Waals surface area (Å²) in [7, 11) is 0. The molecule has 0 saturated heterocycles. The minimum Gasteiger partial charge on any atom is -0.364 e. The molecule has 0 spiro atoms. The topological polar surface area (TPSA) is 98.1 Å². The Hall–Kier alpha value is -1.69. The van der Waals surface area contributed by atoms with E-state index < -0.39 is 5.91 Å². The lowest BCUT2D eigenvalue weighted by atomic mass is 10.0. The Morgan fingerprint density at radius 3 is 2.74 bits per heavy atom. The monoisotopic (exact) mass is 263 g/mol. The second-order valence-corrected chi connectivity index (χ2v) is 4.92. The van der Waals surface area contributed by atoms with E-state index in [1.807, 2.05) is 6.07 Å². The summed E-state index contributed by atoms with van der Waals surface area (Å²) in [5.41, 5.74) is 11.2. The highest BCUT2D eigenvalue weighted by Crippen LogP contribution is 2.31. The summed E-state index contributed by atoms with van der Waals surface area (Å²) in [5.74, 6) is 0.748. The fraction of sp³-hybridized carbons (Fsp3) is 0.615. The van der Waals surface area contributed by atoms with Gasteiger partial charge in [-0.1, -0.05) is 6.42 Å². The van der Waals surface area contributed by atoms with Gasteiger partial charge in [0, 0.05) is 12.6 Å². The summed E-state index contributed by atoms with van der Waals surface area (Å²) in [4.78, 5) is 13.2. The maximum atomic E-state index is 11.0. The highest BCUT2D eigenvalue weighted by Gasteiger charge is 2.31. The number of primary amides is 1. The van der Waals surface area contributed by atoms with E-state index in [-0.39, 0.29) is 5.69 Å². The van der Waals surface area contributed by atoms with Crippen LogP contribution in [0.3, 0.4) is 0 Å². The fourth-order valence-corrected chi connectivity index (χ4v) is 2.88. The fourth-order valence-electron chi connectivity index (χ4n) is 2.88. The quantitative estimate of drug-likeness (QED) is 0.807. The van der Waals surface area contributed by atoms with Crippen molar-refractivity contribution in [2.45, 2.75) is 32.2 Å². The summed E-state index contributed by atoms with van der Waals surface area (Å²) in [5, 5.41) is 7.99. The number of rotatable bonds is 5. The van der Waals surface area contributed by atoms with E-state index in [9.17, 15) is 4.79 Å². The minimum atomic E-state index is -0.553. The Kier molecular flexibility index (Phi) is 4.31. The van der Waals surface area contributed by atoms with Crippen molar-refractivity contribution in [3.05, 3.63) is 17.8 Å². The first kappa shape index (κ1) is 13.7. The predicted octanol–water partition coefficient (Wildman–Crippen LogP) is 0.529.